The largest absolute Gasteiger partial charge is 0.493 e. The molecule has 5 N–H and O–H groups in total. The summed E-state index contributed by atoms with van der Waals surface area (Å²) in [4.78, 5) is 24.7. The average Bonchev–Trinajstić information content (AvgIpc) is 2.91. The van der Waals surface area contributed by atoms with Gasteiger partial charge in [0.2, 0.25) is 11.8 Å². The number of hydrogen-bond acceptors (Lipinski definition) is 7. The van der Waals surface area contributed by atoms with Crippen molar-refractivity contribution >= 4 is 24.2 Å². The molecule has 232 valence electrons. The van der Waals surface area contributed by atoms with Crippen LogP contribution in [0.15, 0.2) is 18.2 Å². The first-order chi connectivity index (χ1) is 18.4. The summed E-state index contributed by atoms with van der Waals surface area (Å²) in [5.41, 5.74) is 7.63. The average molecular weight is 588 g/mol. The summed E-state index contributed by atoms with van der Waals surface area (Å²) in [7, 11) is 4.87. The maximum atomic E-state index is 12.9. The number of carbonyl (C=O) groups excluding carboxylic acids is 2. The fourth-order valence-corrected chi connectivity index (χ4v) is 4.59. The number of aliphatic hydroxyl groups excluding tert-OH is 1. The van der Waals surface area contributed by atoms with Crippen molar-refractivity contribution in [3.8, 4) is 11.5 Å². The monoisotopic (exact) mass is 587 g/mol. The molecule has 0 aliphatic heterocycles. The first-order valence-electron chi connectivity index (χ1n) is 14.2. The lowest BCUT2D eigenvalue weighted by molar-refractivity contribution is -0.128. The van der Waals surface area contributed by atoms with Gasteiger partial charge in [-0.2, -0.15) is 0 Å². The Bertz CT molecular complexity index is 870. The van der Waals surface area contributed by atoms with E-state index in [9.17, 15) is 14.7 Å². The van der Waals surface area contributed by atoms with Crippen LogP contribution in [-0.4, -0.2) is 70.1 Å². The van der Waals surface area contributed by atoms with E-state index in [4.69, 9.17) is 19.9 Å². The fourth-order valence-electron chi connectivity index (χ4n) is 4.59. The second-order valence-corrected chi connectivity index (χ2v) is 11.2. The van der Waals surface area contributed by atoms with Gasteiger partial charge in [-0.15, -0.1) is 12.4 Å². The second-order valence-electron chi connectivity index (χ2n) is 11.2. The Balaban J connectivity index is 0.0000152. The highest BCUT2D eigenvalue weighted by Gasteiger charge is 2.30. The van der Waals surface area contributed by atoms with Gasteiger partial charge in [0, 0.05) is 45.7 Å². The van der Waals surface area contributed by atoms with Crippen LogP contribution in [0.4, 0.5) is 0 Å². The van der Waals surface area contributed by atoms with Crippen molar-refractivity contribution in [1.29, 1.82) is 0 Å². The number of carbonyl (C=O) groups is 2. The van der Waals surface area contributed by atoms with Crippen molar-refractivity contribution in [2.45, 2.75) is 72.4 Å². The van der Waals surface area contributed by atoms with E-state index in [1.807, 2.05) is 32.0 Å². The zero-order valence-corrected chi connectivity index (χ0v) is 26.5. The molecule has 0 heterocycles. The molecule has 40 heavy (non-hydrogen) atoms. The fraction of sp³-hybridized carbons (Fsp3) is 0.733. The zero-order valence-electron chi connectivity index (χ0n) is 25.7. The Morgan fingerprint density at radius 3 is 2.20 bits per heavy atom. The topological polar surface area (TPSA) is 132 Å². The van der Waals surface area contributed by atoms with Gasteiger partial charge in [-0.3, -0.25) is 9.59 Å². The van der Waals surface area contributed by atoms with Gasteiger partial charge in [-0.1, -0.05) is 40.7 Å². The quantitative estimate of drug-likeness (QED) is 0.182. The normalized spacial score (nSPS) is 15.0. The lowest BCUT2D eigenvalue weighted by atomic mass is 9.80. The summed E-state index contributed by atoms with van der Waals surface area (Å²) in [6.45, 7) is 11.4. The van der Waals surface area contributed by atoms with Gasteiger partial charge >= 0.3 is 0 Å². The number of ether oxygens (including phenoxy) is 3. The number of benzene rings is 1. The van der Waals surface area contributed by atoms with E-state index in [-0.39, 0.29) is 54.9 Å². The maximum absolute atomic E-state index is 12.9. The molecular formula is C30H54ClN3O6. The third-order valence-corrected chi connectivity index (χ3v) is 7.40. The van der Waals surface area contributed by atoms with Gasteiger partial charge in [-0.25, -0.2) is 0 Å². The predicted octanol–water partition coefficient (Wildman–Crippen LogP) is 3.59. The third kappa shape index (κ3) is 13.1. The molecule has 0 spiro atoms. The molecule has 2 amide bonds. The maximum Gasteiger partial charge on any atom is 0.224 e. The van der Waals surface area contributed by atoms with E-state index < -0.39 is 18.1 Å². The Morgan fingerprint density at radius 1 is 0.975 bits per heavy atom. The van der Waals surface area contributed by atoms with Crippen molar-refractivity contribution in [2.24, 2.45) is 35.3 Å². The highest BCUT2D eigenvalue weighted by molar-refractivity contribution is 5.85. The van der Waals surface area contributed by atoms with E-state index in [0.717, 1.165) is 18.4 Å². The standard InChI is InChI=1S/C30H53N3O6.ClH/c1-19(2)23(14-22-10-11-27(38-8)28(15-22)39-13-9-12-37-7)16-25(31)26(34)17-24(20(3)4)30(36)33-18-21(5)29(35)32-6;/h10-11,15,19-21,23-26,34H,9,12-14,16-18,31H2,1-8H3,(H,32,35)(H,33,36);1H/t21-,23+,24+,25+,26+;/m1./s1. The van der Waals surface area contributed by atoms with Crippen LogP contribution in [0, 0.1) is 29.6 Å². The molecule has 0 aliphatic carbocycles. The molecular weight excluding hydrogens is 534 g/mol. The SMILES string of the molecule is CNC(=O)[C@H](C)CNC(=O)[C@@H](C[C@H](O)[C@@H](N)C[C@H](Cc1ccc(OC)c(OCCCOC)c1)C(C)C)C(C)C.Cl. The van der Waals surface area contributed by atoms with Crippen molar-refractivity contribution < 1.29 is 28.9 Å². The molecule has 0 fully saturated rings. The molecule has 9 nitrogen and oxygen atoms in total. The van der Waals surface area contributed by atoms with E-state index in [2.05, 4.69) is 24.5 Å². The molecule has 0 saturated carbocycles. The van der Waals surface area contributed by atoms with Gasteiger partial charge < -0.3 is 35.7 Å². The van der Waals surface area contributed by atoms with E-state index in [1.165, 1.54) is 0 Å². The Kier molecular flexibility index (Phi) is 18.9. The summed E-state index contributed by atoms with van der Waals surface area (Å²) in [6.07, 6.45) is 1.63. The lowest BCUT2D eigenvalue weighted by Gasteiger charge is -2.30. The zero-order chi connectivity index (χ0) is 29.5. The van der Waals surface area contributed by atoms with Gasteiger partial charge in [0.15, 0.2) is 11.5 Å². The van der Waals surface area contributed by atoms with E-state index in [1.54, 1.807) is 28.2 Å². The Morgan fingerprint density at radius 2 is 1.65 bits per heavy atom. The van der Waals surface area contributed by atoms with Crippen molar-refractivity contribution in [3.05, 3.63) is 23.8 Å². The molecule has 5 atom stereocenters. The van der Waals surface area contributed by atoms with Crippen LogP contribution in [0.25, 0.3) is 0 Å². The van der Waals surface area contributed by atoms with Crippen LogP contribution >= 0.6 is 12.4 Å². The van der Waals surface area contributed by atoms with E-state index in [0.29, 0.717) is 37.1 Å². The highest BCUT2D eigenvalue weighted by Crippen LogP contribution is 2.31. The lowest BCUT2D eigenvalue weighted by Crippen LogP contribution is -2.44. The minimum absolute atomic E-state index is 0. The van der Waals surface area contributed by atoms with Crippen LogP contribution in [0.2, 0.25) is 0 Å². The molecule has 10 heteroatoms. The smallest absolute Gasteiger partial charge is 0.224 e. The summed E-state index contributed by atoms with van der Waals surface area (Å²) in [5, 5.41) is 16.5. The first-order valence-corrected chi connectivity index (χ1v) is 14.2. The Hall–Kier alpha value is -2.07. The van der Waals surface area contributed by atoms with Crippen molar-refractivity contribution in [3.63, 3.8) is 0 Å². The summed E-state index contributed by atoms with van der Waals surface area (Å²) in [5.74, 6) is 0.950. The number of halogens is 1. The molecule has 0 aliphatic rings. The van der Waals surface area contributed by atoms with Crippen LogP contribution in [0.5, 0.6) is 11.5 Å². The molecule has 1 aromatic carbocycles. The summed E-state index contributed by atoms with van der Waals surface area (Å²) in [6, 6.07) is 5.50. The molecule has 1 rings (SSSR count). The number of nitrogens with two attached hydrogens (primary N) is 1. The van der Waals surface area contributed by atoms with E-state index >= 15 is 0 Å². The first kappa shape index (κ1) is 37.9. The minimum atomic E-state index is -0.823. The second kappa shape index (κ2) is 19.9. The number of methoxy groups -OCH3 is 2. The number of rotatable bonds is 19. The minimum Gasteiger partial charge on any atom is -0.493 e. The molecule has 0 unspecified atom stereocenters. The predicted molar refractivity (Wildman–Crippen MR) is 162 cm³/mol. The molecule has 1 aromatic rings. The molecule has 0 bridgehead atoms. The van der Waals surface area contributed by atoms with Crippen LogP contribution in [-0.2, 0) is 20.7 Å². The van der Waals surface area contributed by atoms with Crippen LogP contribution < -0.4 is 25.8 Å². The number of aliphatic hydroxyl groups is 1. The number of nitrogens with one attached hydrogen (secondary N) is 2. The van der Waals surface area contributed by atoms with Gasteiger partial charge in [0.05, 0.1) is 25.7 Å². The van der Waals surface area contributed by atoms with Crippen molar-refractivity contribution in [2.75, 3.05) is 41.0 Å². The highest BCUT2D eigenvalue weighted by atomic mass is 35.5. The third-order valence-electron chi connectivity index (χ3n) is 7.40. The summed E-state index contributed by atoms with van der Waals surface area (Å²) < 4.78 is 16.5. The molecule has 0 saturated heterocycles. The van der Waals surface area contributed by atoms with Gasteiger partial charge in [0.25, 0.3) is 0 Å². The van der Waals surface area contributed by atoms with Gasteiger partial charge in [-0.05, 0) is 54.7 Å². The van der Waals surface area contributed by atoms with Crippen LogP contribution in [0.3, 0.4) is 0 Å². The van der Waals surface area contributed by atoms with Crippen molar-refractivity contribution in [1.82, 2.24) is 10.6 Å². The molecule has 0 aromatic heterocycles. The van der Waals surface area contributed by atoms with Gasteiger partial charge in [0.1, 0.15) is 0 Å². The summed E-state index contributed by atoms with van der Waals surface area (Å²) >= 11 is 0. The Labute approximate surface area is 247 Å². The molecule has 0 radical (unpaired) electrons. The number of amides is 2. The van der Waals surface area contributed by atoms with Crippen LogP contribution in [0.1, 0.15) is 59.4 Å². The number of hydrogen-bond donors (Lipinski definition) is 4.